The highest BCUT2D eigenvalue weighted by atomic mass is 16.4. The van der Waals surface area contributed by atoms with Crippen LogP contribution in [0.25, 0.3) is 0 Å². The summed E-state index contributed by atoms with van der Waals surface area (Å²) in [5.41, 5.74) is 1.05. The molecule has 1 fully saturated rings. The summed E-state index contributed by atoms with van der Waals surface area (Å²) in [6, 6.07) is 6.61. The van der Waals surface area contributed by atoms with E-state index < -0.39 is 5.97 Å². The Hall–Kier alpha value is -2.70. The third-order valence-corrected chi connectivity index (χ3v) is 4.12. The number of hydrogen-bond donors (Lipinski definition) is 1. The number of aromatic carboxylic acids is 1. The van der Waals surface area contributed by atoms with E-state index in [2.05, 4.69) is 10.1 Å². The van der Waals surface area contributed by atoms with Gasteiger partial charge in [0, 0.05) is 13.1 Å². The number of likely N-dealkylation sites (tertiary alicyclic amines) is 1. The maximum absolute atomic E-state index is 12.5. The smallest absolute Gasteiger partial charge is 0.335 e. The molecule has 1 aromatic carbocycles. The van der Waals surface area contributed by atoms with Crippen LogP contribution in [0.5, 0.6) is 0 Å². The fraction of sp³-hybridized carbons (Fsp3) is 0.375. The van der Waals surface area contributed by atoms with Crippen LogP contribution in [0.3, 0.4) is 0 Å². The van der Waals surface area contributed by atoms with Gasteiger partial charge in [-0.2, -0.15) is 5.10 Å². The van der Waals surface area contributed by atoms with Crippen LogP contribution in [0.4, 0.5) is 0 Å². The molecule has 1 aromatic heterocycles. The lowest BCUT2D eigenvalue weighted by Crippen LogP contribution is -2.41. The molecule has 0 radical (unpaired) electrons. The van der Waals surface area contributed by atoms with Crippen molar-refractivity contribution in [3.8, 4) is 0 Å². The minimum Gasteiger partial charge on any atom is -0.478 e. The standard InChI is InChI=1S/C16H18N4O3/c21-15(8-12-3-5-13(6-4-12)16(22)23)19-7-1-2-14(9-19)20-11-17-10-18-20/h3-6,10-11,14H,1-2,7-9H2,(H,22,23)/t14-/m1/s1. The van der Waals surface area contributed by atoms with Crippen LogP contribution in [0, 0.1) is 0 Å². The molecule has 0 aliphatic carbocycles. The Morgan fingerprint density at radius 2 is 2.04 bits per heavy atom. The summed E-state index contributed by atoms with van der Waals surface area (Å²) < 4.78 is 1.81. The molecule has 1 aliphatic heterocycles. The SMILES string of the molecule is O=C(O)c1ccc(CC(=O)N2CCC[C@@H](n3cncn3)C2)cc1. The Morgan fingerprint density at radius 1 is 1.26 bits per heavy atom. The third kappa shape index (κ3) is 3.56. The van der Waals surface area contributed by atoms with Gasteiger partial charge in [-0.15, -0.1) is 0 Å². The predicted octanol–water partition coefficient (Wildman–Crippen LogP) is 1.38. The molecule has 3 rings (SSSR count). The van der Waals surface area contributed by atoms with E-state index in [0.29, 0.717) is 6.54 Å². The highest BCUT2D eigenvalue weighted by molar-refractivity contribution is 5.87. The molecular formula is C16H18N4O3. The molecule has 2 heterocycles. The highest BCUT2D eigenvalue weighted by Gasteiger charge is 2.25. The number of hydrogen-bond acceptors (Lipinski definition) is 4. The van der Waals surface area contributed by atoms with Crippen LogP contribution in [0.2, 0.25) is 0 Å². The van der Waals surface area contributed by atoms with Gasteiger partial charge in [-0.1, -0.05) is 12.1 Å². The Morgan fingerprint density at radius 3 is 2.70 bits per heavy atom. The lowest BCUT2D eigenvalue weighted by atomic mass is 10.0. The monoisotopic (exact) mass is 314 g/mol. The van der Waals surface area contributed by atoms with Crippen molar-refractivity contribution in [3.63, 3.8) is 0 Å². The van der Waals surface area contributed by atoms with Crippen molar-refractivity contribution in [2.24, 2.45) is 0 Å². The molecule has 0 unspecified atom stereocenters. The van der Waals surface area contributed by atoms with Crippen molar-refractivity contribution in [1.82, 2.24) is 19.7 Å². The molecule has 0 spiro atoms. The number of carboxylic acid groups (broad SMARTS) is 1. The summed E-state index contributed by atoms with van der Waals surface area (Å²) >= 11 is 0. The van der Waals surface area contributed by atoms with Gasteiger partial charge in [0.25, 0.3) is 0 Å². The van der Waals surface area contributed by atoms with E-state index in [9.17, 15) is 9.59 Å². The molecule has 1 amide bonds. The number of amides is 1. The van der Waals surface area contributed by atoms with E-state index >= 15 is 0 Å². The van der Waals surface area contributed by atoms with Crippen LogP contribution >= 0.6 is 0 Å². The number of benzene rings is 1. The molecule has 7 heteroatoms. The molecule has 23 heavy (non-hydrogen) atoms. The summed E-state index contributed by atoms with van der Waals surface area (Å²) in [5, 5.41) is 13.0. The Bertz CT molecular complexity index is 682. The molecule has 0 saturated carbocycles. The zero-order valence-corrected chi connectivity index (χ0v) is 12.6. The Labute approximate surface area is 133 Å². The quantitative estimate of drug-likeness (QED) is 0.921. The van der Waals surface area contributed by atoms with Crippen molar-refractivity contribution in [2.45, 2.75) is 25.3 Å². The summed E-state index contributed by atoms with van der Waals surface area (Å²) in [6.45, 7) is 1.38. The topological polar surface area (TPSA) is 88.3 Å². The van der Waals surface area contributed by atoms with Crippen LogP contribution < -0.4 is 0 Å². The van der Waals surface area contributed by atoms with Gasteiger partial charge in [0.1, 0.15) is 12.7 Å². The van der Waals surface area contributed by atoms with Gasteiger partial charge in [-0.05, 0) is 30.5 Å². The molecule has 1 aliphatic rings. The van der Waals surface area contributed by atoms with E-state index in [1.54, 1.807) is 23.1 Å². The lowest BCUT2D eigenvalue weighted by Gasteiger charge is -2.32. The Kier molecular flexibility index (Phi) is 4.36. The van der Waals surface area contributed by atoms with Crippen LogP contribution in [-0.4, -0.2) is 49.7 Å². The largest absolute Gasteiger partial charge is 0.478 e. The van der Waals surface area contributed by atoms with E-state index in [0.717, 1.165) is 24.9 Å². The highest BCUT2D eigenvalue weighted by Crippen LogP contribution is 2.21. The average molecular weight is 314 g/mol. The fourth-order valence-electron chi connectivity index (χ4n) is 2.85. The van der Waals surface area contributed by atoms with Gasteiger partial charge in [-0.25, -0.2) is 14.5 Å². The van der Waals surface area contributed by atoms with Crippen LogP contribution in [0.15, 0.2) is 36.9 Å². The first kappa shape index (κ1) is 15.2. The summed E-state index contributed by atoms with van der Waals surface area (Å²) in [5.74, 6) is -0.910. The molecular weight excluding hydrogens is 296 g/mol. The second kappa shape index (κ2) is 6.60. The number of carbonyl (C=O) groups is 2. The summed E-state index contributed by atoms with van der Waals surface area (Å²) in [4.78, 5) is 29.1. The Balaban J connectivity index is 1.62. The average Bonchev–Trinajstić information content (AvgIpc) is 3.10. The molecule has 1 N–H and O–H groups in total. The lowest BCUT2D eigenvalue weighted by molar-refractivity contribution is -0.132. The van der Waals surface area contributed by atoms with Crippen molar-refractivity contribution in [2.75, 3.05) is 13.1 Å². The van der Waals surface area contributed by atoms with Crippen molar-refractivity contribution < 1.29 is 14.7 Å². The van der Waals surface area contributed by atoms with Gasteiger partial charge in [0.05, 0.1) is 18.0 Å². The van der Waals surface area contributed by atoms with Crippen molar-refractivity contribution >= 4 is 11.9 Å². The minimum absolute atomic E-state index is 0.0536. The van der Waals surface area contributed by atoms with E-state index in [1.165, 1.54) is 18.5 Å². The minimum atomic E-state index is -0.963. The first-order valence-corrected chi connectivity index (χ1v) is 7.57. The zero-order valence-electron chi connectivity index (χ0n) is 12.6. The zero-order chi connectivity index (χ0) is 16.2. The number of nitrogens with zero attached hydrogens (tertiary/aromatic N) is 4. The molecule has 2 aromatic rings. The molecule has 1 saturated heterocycles. The number of piperidine rings is 1. The number of carboxylic acids is 1. The van der Waals surface area contributed by atoms with Gasteiger partial charge in [0.2, 0.25) is 5.91 Å². The van der Waals surface area contributed by atoms with Crippen molar-refractivity contribution in [3.05, 3.63) is 48.0 Å². The van der Waals surface area contributed by atoms with E-state index in [-0.39, 0.29) is 23.9 Å². The molecule has 1 atom stereocenters. The molecule has 7 nitrogen and oxygen atoms in total. The summed E-state index contributed by atoms with van der Waals surface area (Å²) in [6.07, 6.45) is 5.40. The first-order chi connectivity index (χ1) is 11.1. The normalized spacial score (nSPS) is 17.9. The molecule has 0 bridgehead atoms. The number of carbonyl (C=O) groups excluding carboxylic acids is 1. The van der Waals surface area contributed by atoms with Crippen molar-refractivity contribution in [1.29, 1.82) is 0 Å². The third-order valence-electron chi connectivity index (χ3n) is 4.12. The van der Waals surface area contributed by atoms with Gasteiger partial charge >= 0.3 is 5.97 Å². The fourth-order valence-corrected chi connectivity index (χ4v) is 2.85. The van der Waals surface area contributed by atoms with E-state index in [4.69, 9.17) is 5.11 Å². The maximum Gasteiger partial charge on any atom is 0.335 e. The first-order valence-electron chi connectivity index (χ1n) is 7.57. The van der Waals surface area contributed by atoms with Crippen LogP contribution in [-0.2, 0) is 11.2 Å². The molecule has 120 valence electrons. The van der Waals surface area contributed by atoms with Gasteiger partial charge < -0.3 is 10.0 Å². The second-order valence-corrected chi connectivity index (χ2v) is 5.69. The number of aromatic nitrogens is 3. The predicted molar refractivity (Wildman–Crippen MR) is 82.0 cm³/mol. The number of rotatable bonds is 4. The van der Waals surface area contributed by atoms with Gasteiger partial charge in [-0.3, -0.25) is 4.79 Å². The van der Waals surface area contributed by atoms with Gasteiger partial charge in [0.15, 0.2) is 0 Å². The second-order valence-electron chi connectivity index (χ2n) is 5.69. The maximum atomic E-state index is 12.5. The summed E-state index contributed by atoms with van der Waals surface area (Å²) in [7, 11) is 0. The van der Waals surface area contributed by atoms with E-state index in [1.807, 2.05) is 4.90 Å². The van der Waals surface area contributed by atoms with Crippen LogP contribution in [0.1, 0.15) is 34.8 Å².